The molecular weight excluding hydrogens is 262 g/mol. The van der Waals surface area contributed by atoms with Crippen LogP contribution in [0.25, 0.3) is 0 Å². The summed E-state index contributed by atoms with van der Waals surface area (Å²) < 4.78 is 0. The van der Waals surface area contributed by atoms with E-state index in [2.05, 4.69) is 34.5 Å². The second kappa shape index (κ2) is 7.34. The Hall–Kier alpha value is -1.71. The Labute approximate surface area is 128 Å². The third-order valence-corrected chi connectivity index (χ3v) is 4.34. The van der Waals surface area contributed by atoms with Crippen molar-refractivity contribution >= 4 is 11.7 Å². The van der Waals surface area contributed by atoms with E-state index >= 15 is 0 Å². The van der Waals surface area contributed by atoms with Gasteiger partial charge in [0.1, 0.15) is 0 Å². The summed E-state index contributed by atoms with van der Waals surface area (Å²) in [6.07, 6.45) is 6.08. The van der Waals surface area contributed by atoms with Crippen molar-refractivity contribution in [2.24, 2.45) is 0 Å². The van der Waals surface area contributed by atoms with Crippen LogP contribution in [0.3, 0.4) is 0 Å². The minimum atomic E-state index is 0.0404. The highest BCUT2D eigenvalue weighted by Gasteiger charge is 2.21. The fourth-order valence-corrected chi connectivity index (χ4v) is 2.85. The first kappa shape index (κ1) is 15.7. The lowest BCUT2D eigenvalue weighted by Gasteiger charge is -2.31. The highest BCUT2D eigenvalue weighted by atomic mass is 16.2. The maximum atomic E-state index is 12.2. The zero-order chi connectivity index (χ0) is 15.2. The Morgan fingerprint density at radius 1 is 1.10 bits per heavy atom. The molecule has 1 aromatic rings. The van der Waals surface area contributed by atoms with Crippen LogP contribution in [-0.2, 0) is 6.54 Å². The zero-order valence-electron chi connectivity index (χ0n) is 13.4. The van der Waals surface area contributed by atoms with Gasteiger partial charge in [-0.15, -0.1) is 0 Å². The van der Waals surface area contributed by atoms with Crippen LogP contribution in [0.5, 0.6) is 0 Å². The molecule has 0 bridgehead atoms. The first-order valence-corrected chi connectivity index (χ1v) is 7.85. The number of hydrogen-bond acceptors (Lipinski definition) is 2. The van der Waals surface area contributed by atoms with Gasteiger partial charge in [0.15, 0.2) is 0 Å². The normalized spacial score (nSPS) is 15.6. The fourth-order valence-electron chi connectivity index (χ4n) is 2.85. The minimum Gasteiger partial charge on any atom is -0.378 e. The van der Waals surface area contributed by atoms with Gasteiger partial charge in [-0.2, -0.15) is 0 Å². The third kappa shape index (κ3) is 4.38. The van der Waals surface area contributed by atoms with E-state index in [0.717, 1.165) is 18.4 Å². The zero-order valence-corrected chi connectivity index (χ0v) is 13.4. The van der Waals surface area contributed by atoms with Gasteiger partial charge in [0.05, 0.1) is 0 Å². The van der Waals surface area contributed by atoms with Gasteiger partial charge in [0.2, 0.25) is 0 Å². The smallest absolute Gasteiger partial charge is 0.317 e. The lowest BCUT2D eigenvalue weighted by atomic mass is 9.95. The molecule has 0 aromatic heterocycles. The van der Waals surface area contributed by atoms with Crippen molar-refractivity contribution in [2.45, 2.75) is 44.7 Å². The average molecular weight is 289 g/mol. The number of urea groups is 1. The molecule has 4 heteroatoms. The average Bonchev–Trinajstić information content (AvgIpc) is 2.53. The molecule has 21 heavy (non-hydrogen) atoms. The molecule has 0 unspecified atom stereocenters. The summed E-state index contributed by atoms with van der Waals surface area (Å²) in [5.74, 6) is 0. The van der Waals surface area contributed by atoms with E-state index in [1.165, 1.54) is 24.9 Å². The van der Waals surface area contributed by atoms with E-state index in [9.17, 15) is 4.79 Å². The van der Waals surface area contributed by atoms with Gasteiger partial charge in [-0.25, -0.2) is 4.79 Å². The lowest BCUT2D eigenvalue weighted by molar-refractivity contribution is 0.173. The topological polar surface area (TPSA) is 35.6 Å². The number of hydrogen-bond donors (Lipinski definition) is 1. The Balaban J connectivity index is 1.82. The molecular formula is C17H27N3O. The second-order valence-electron chi connectivity index (χ2n) is 6.12. The number of nitrogens with zero attached hydrogens (tertiary/aromatic N) is 2. The Kier molecular flexibility index (Phi) is 5.48. The number of benzene rings is 1. The number of anilines is 1. The van der Waals surface area contributed by atoms with Crippen LogP contribution in [0.1, 0.15) is 37.7 Å². The van der Waals surface area contributed by atoms with Gasteiger partial charge in [-0.05, 0) is 30.5 Å². The van der Waals surface area contributed by atoms with E-state index in [1.807, 2.05) is 26.0 Å². The van der Waals surface area contributed by atoms with Crippen LogP contribution in [0, 0.1) is 0 Å². The number of nitrogens with one attached hydrogen (secondary N) is 1. The van der Waals surface area contributed by atoms with Gasteiger partial charge in [0, 0.05) is 39.4 Å². The SMILES string of the molecule is CN(C)c1ccc(CNC(=O)N(C)C2CCCCC2)cc1. The molecule has 0 aliphatic heterocycles. The second-order valence-corrected chi connectivity index (χ2v) is 6.12. The van der Waals surface area contributed by atoms with E-state index in [-0.39, 0.29) is 6.03 Å². The van der Waals surface area contributed by atoms with Crippen molar-refractivity contribution in [3.8, 4) is 0 Å². The third-order valence-electron chi connectivity index (χ3n) is 4.34. The molecule has 0 saturated heterocycles. The van der Waals surface area contributed by atoms with Crippen LogP contribution in [0.4, 0.5) is 10.5 Å². The van der Waals surface area contributed by atoms with E-state index in [1.54, 1.807) is 0 Å². The molecule has 1 aliphatic rings. The molecule has 116 valence electrons. The molecule has 0 atom stereocenters. The van der Waals surface area contributed by atoms with Crippen LogP contribution in [0.2, 0.25) is 0 Å². The summed E-state index contributed by atoms with van der Waals surface area (Å²) in [4.78, 5) is 16.1. The van der Waals surface area contributed by atoms with Crippen molar-refractivity contribution in [3.63, 3.8) is 0 Å². The summed E-state index contributed by atoms with van der Waals surface area (Å²) >= 11 is 0. The molecule has 0 heterocycles. The Bertz CT molecular complexity index is 450. The van der Waals surface area contributed by atoms with Crippen LogP contribution in [0.15, 0.2) is 24.3 Å². The van der Waals surface area contributed by atoms with Crippen molar-refractivity contribution in [2.75, 3.05) is 26.0 Å². The molecule has 0 spiro atoms. The molecule has 1 fully saturated rings. The monoisotopic (exact) mass is 289 g/mol. The first-order valence-electron chi connectivity index (χ1n) is 7.85. The standard InChI is InChI=1S/C17H27N3O/c1-19(2)15-11-9-14(10-12-15)13-18-17(21)20(3)16-7-5-4-6-8-16/h9-12,16H,4-8,13H2,1-3H3,(H,18,21). The molecule has 1 aromatic carbocycles. The van der Waals surface area contributed by atoms with E-state index in [0.29, 0.717) is 12.6 Å². The number of rotatable bonds is 4. The maximum Gasteiger partial charge on any atom is 0.317 e. The van der Waals surface area contributed by atoms with E-state index < -0.39 is 0 Å². The van der Waals surface area contributed by atoms with Crippen LogP contribution < -0.4 is 10.2 Å². The molecule has 0 radical (unpaired) electrons. The molecule has 4 nitrogen and oxygen atoms in total. The Morgan fingerprint density at radius 3 is 2.29 bits per heavy atom. The molecule has 1 aliphatic carbocycles. The van der Waals surface area contributed by atoms with Gasteiger partial charge in [0.25, 0.3) is 0 Å². The molecule has 2 rings (SSSR count). The summed E-state index contributed by atoms with van der Waals surface area (Å²) in [7, 11) is 5.96. The summed E-state index contributed by atoms with van der Waals surface area (Å²) in [5, 5.41) is 3.02. The van der Waals surface area contributed by atoms with Crippen molar-refractivity contribution in [1.29, 1.82) is 0 Å². The van der Waals surface area contributed by atoms with Gasteiger partial charge < -0.3 is 15.1 Å². The number of carbonyl (C=O) groups excluding carboxylic acids is 1. The summed E-state index contributed by atoms with van der Waals surface area (Å²) in [6, 6.07) is 8.74. The number of carbonyl (C=O) groups is 1. The highest BCUT2D eigenvalue weighted by Crippen LogP contribution is 2.21. The van der Waals surface area contributed by atoms with Crippen LogP contribution >= 0.6 is 0 Å². The summed E-state index contributed by atoms with van der Waals surface area (Å²) in [6.45, 7) is 0.587. The molecule has 1 saturated carbocycles. The van der Waals surface area contributed by atoms with Gasteiger partial charge in [-0.1, -0.05) is 31.4 Å². The predicted molar refractivity (Wildman–Crippen MR) is 87.6 cm³/mol. The van der Waals surface area contributed by atoms with Gasteiger partial charge in [-0.3, -0.25) is 0 Å². The molecule has 2 amide bonds. The van der Waals surface area contributed by atoms with Crippen molar-refractivity contribution < 1.29 is 4.79 Å². The lowest BCUT2D eigenvalue weighted by Crippen LogP contribution is -2.44. The maximum absolute atomic E-state index is 12.2. The first-order chi connectivity index (χ1) is 10.1. The van der Waals surface area contributed by atoms with Crippen LogP contribution in [-0.4, -0.2) is 38.1 Å². The quantitative estimate of drug-likeness (QED) is 0.923. The fraction of sp³-hybridized carbons (Fsp3) is 0.588. The number of amides is 2. The molecule has 1 N–H and O–H groups in total. The van der Waals surface area contributed by atoms with E-state index in [4.69, 9.17) is 0 Å². The van der Waals surface area contributed by atoms with Crippen molar-refractivity contribution in [3.05, 3.63) is 29.8 Å². The largest absolute Gasteiger partial charge is 0.378 e. The predicted octanol–water partition coefficient (Wildman–Crippen LogP) is 3.23. The Morgan fingerprint density at radius 2 is 1.71 bits per heavy atom. The van der Waals surface area contributed by atoms with Gasteiger partial charge >= 0.3 is 6.03 Å². The highest BCUT2D eigenvalue weighted by molar-refractivity contribution is 5.74. The minimum absolute atomic E-state index is 0.0404. The summed E-state index contributed by atoms with van der Waals surface area (Å²) in [5.41, 5.74) is 2.30. The van der Waals surface area contributed by atoms with Crippen molar-refractivity contribution in [1.82, 2.24) is 10.2 Å².